The van der Waals surface area contributed by atoms with Crippen LogP contribution in [-0.2, 0) is 0 Å². The predicted octanol–water partition coefficient (Wildman–Crippen LogP) is 1.85. The zero-order valence-electron chi connectivity index (χ0n) is 11.6. The molecule has 0 aliphatic carbocycles. The van der Waals surface area contributed by atoms with Crippen LogP contribution in [0.3, 0.4) is 0 Å². The number of pyridine rings is 1. The van der Waals surface area contributed by atoms with Crippen molar-refractivity contribution in [3.63, 3.8) is 0 Å². The molecule has 1 aromatic carbocycles. The van der Waals surface area contributed by atoms with Crippen molar-refractivity contribution >= 4 is 21.5 Å². The van der Waals surface area contributed by atoms with Gasteiger partial charge < -0.3 is 10.3 Å². The smallest absolute Gasteiger partial charge is 0.255 e. The van der Waals surface area contributed by atoms with Crippen molar-refractivity contribution in [2.45, 2.75) is 11.3 Å². The van der Waals surface area contributed by atoms with Gasteiger partial charge >= 0.3 is 0 Å². The van der Waals surface area contributed by atoms with Crippen LogP contribution >= 0.6 is 10.8 Å². The molecule has 1 aliphatic rings. The Labute approximate surface area is 124 Å². The largest absolute Gasteiger partial charge is 0.329 e. The lowest BCUT2D eigenvalue weighted by molar-refractivity contribution is 0.360. The number of nitrogens with one attached hydrogen (secondary N) is 2. The van der Waals surface area contributed by atoms with Gasteiger partial charge in [0, 0.05) is 36.6 Å². The van der Waals surface area contributed by atoms with E-state index in [-0.39, 0.29) is 5.56 Å². The van der Waals surface area contributed by atoms with Gasteiger partial charge in [-0.15, -0.1) is 10.8 Å². The van der Waals surface area contributed by atoms with E-state index in [1.165, 1.54) is 6.20 Å². The van der Waals surface area contributed by atoms with Crippen LogP contribution < -0.4 is 10.9 Å². The molecular formula is C14H19N3O3S. The Morgan fingerprint density at radius 3 is 2.81 bits per heavy atom. The molecule has 0 radical (unpaired) electrons. The molecule has 1 aromatic heterocycles. The summed E-state index contributed by atoms with van der Waals surface area (Å²) in [4.78, 5) is 14.9. The SMILES string of the molecule is O=c1[nH]ccc2c(S(O)(O)N3CCCNCC3)cccc12. The van der Waals surface area contributed by atoms with Gasteiger partial charge in [-0.3, -0.25) is 13.9 Å². The molecule has 4 N–H and O–H groups in total. The Morgan fingerprint density at radius 2 is 1.95 bits per heavy atom. The first kappa shape index (κ1) is 14.6. The van der Waals surface area contributed by atoms with Gasteiger partial charge in [0.15, 0.2) is 0 Å². The van der Waals surface area contributed by atoms with Gasteiger partial charge in [0.2, 0.25) is 0 Å². The summed E-state index contributed by atoms with van der Waals surface area (Å²) in [6, 6.07) is 6.79. The number of aromatic nitrogens is 1. The average molecular weight is 309 g/mol. The minimum atomic E-state index is -3.09. The lowest BCUT2D eigenvalue weighted by Crippen LogP contribution is -2.31. The molecule has 1 fully saturated rings. The molecule has 0 atom stereocenters. The van der Waals surface area contributed by atoms with Gasteiger partial charge in [-0.25, -0.2) is 4.31 Å². The van der Waals surface area contributed by atoms with E-state index in [0.29, 0.717) is 28.8 Å². The summed E-state index contributed by atoms with van der Waals surface area (Å²) in [5.41, 5.74) is -0.220. The topological polar surface area (TPSA) is 88.6 Å². The highest BCUT2D eigenvalue weighted by molar-refractivity contribution is 8.22. The van der Waals surface area contributed by atoms with Crippen LogP contribution in [0.25, 0.3) is 10.8 Å². The minimum Gasteiger partial charge on any atom is -0.329 e. The maximum atomic E-state index is 11.9. The van der Waals surface area contributed by atoms with Gasteiger partial charge in [-0.05, 0) is 31.2 Å². The lowest BCUT2D eigenvalue weighted by Gasteiger charge is -2.42. The Balaban J connectivity index is 2.09. The van der Waals surface area contributed by atoms with Crippen molar-refractivity contribution < 1.29 is 9.11 Å². The fourth-order valence-corrected chi connectivity index (χ4v) is 4.39. The maximum Gasteiger partial charge on any atom is 0.255 e. The third-order valence-corrected chi connectivity index (χ3v) is 5.76. The van der Waals surface area contributed by atoms with E-state index in [4.69, 9.17) is 0 Å². The van der Waals surface area contributed by atoms with Gasteiger partial charge in [-0.1, -0.05) is 6.07 Å². The molecule has 1 aliphatic heterocycles. The molecule has 0 spiro atoms. The summed E-state index contributed by atoms with van der Waals surface area (Å²) < 4.78 is 23.2. The number of nitrogens with zero attached hydrogens (tertiary/aromatic N) is 1. The van der Waals surface area contributed by atoms with Crippen LogP contribution in [0.4, 0.5) is 0 Å². The van der Waals surface area contributed by atoms with Crippen molar-refractivity contribution in [1.29, 1.82) is 0 Å². The normalized spacial score (nSPS) is 18.6. The van der Waals surface area contributed by atoms with E-state index < -0.39 is 10.8 Å². The fourth-order valence-electron chi connectivity index (χ4n) is 2.65. The van der Waals surface area contributed by atoms with Gasteiger partial charge in [-0.2, -0.15) is 0 Å². The van der Waals surface area contributed by atoms with Crippen LogP contribution in [0.1, 0.15) is 6.42 Å². The highest BCUT2D eigenvalue weighted by Crippen LogP contribution is 2.53. The quantitative estimate of drug-likeness (QED) is 0.680. The first-order valence-electron chi connectivity index (χ1n) is 6.95. The molecular weight excluding hydrogens is 290 g/mol. The van der Waals surface area contributed by atoms with E-state index >= 15 is 0 Å². The van der Waals surface area contributed by atoms with E-state index in [1.807, 2.05) is 0 Å². The number of hydrogen-bond acceptors (Lipinski definition) is 5. The zero-order valence-corrected chi connectivity index (χ0v) is 12.4. The molecule has 7 heteroatoms. The molecule has 0 unspecified atom stereocenters. The van der Waals surface area contributed by atoms with Crippen LogP contribution in [0, 0.1) is 0 Å². The summed E-state index contributed by atoms with van der Waals surface area (Å²) in [6.45, 7) is 2.79. The lowest BCUT2D eigenvalue weighted by atomic mass is 10.2. The van der Waals surface area contributed by atoms with Crippen LogP contribution in [-0.4, -0.2) is 44.6 Å². The summed E-state index contributed by atoms with van der Waals surface area (Å²) in [7, 11) is -3.09. The number of H-pyrrole nitrogens is 1. The summed E-state index contributed by atoms with van der Waals surface area (Å²) >= 11 is 0. The zero-order chi connectivity index (χ0) is 14.9. The first-order chi connectivity index (χ1) is 10.1. The molecule has 0 amide bonds. The number of rotatable bonds is 2. The molecule has 2 aromatic rings. The Bertz CT molecular complexity index is 693. The molecule has 3 rings (SSSR count). The summed E-state index contributed by atoms with van der Waals surface area (Å²) in [5.74, 6) is 0. The molecule has 0 saturated carbocycles. The van der Waals surface area contributed by atoms with Crippen LogP contribution in [0.5, 0.6) is 0 Å². The van der Waals surface area contributed by atoms with Crippen molar-refractivity contribution in [3.05, 3.63) is 40.8 Å². The number of fused-ring (bicyclic) bond motifs is 1. The van der Waals surface area contributed by atoms with Gasteiger partial charge in [0.1, 0.15) is 0 Å². The summed E-state index contributed by atoms with van der Waals surface area (Å²) in [5, 5.41) is 4.31. The van der Waals surface area contributed by atoms with E-state index in [9.17, 15) is 13.9 Å². The molecule has 1 saturated heterocycles. The molecule has 114 valence electrons. The minimum absolute atomic E-state index is 0.220. The summed E-state index contributed by atoms with van der Waals surface area (Å²) in [6.07, 6.45) is 2.40. The highest BCUT2D eigenvalue weighted by atomic mass is 32.3. The van der Waals surface area contributed by atoms with Gasteiger partial charge in [0.25, 0.3) is 5.56 Å². The maximum absolute atomic E-state index is 11.9. The second-order valence-corrected chi connectivity index (χ2v) is 7.07. The third kappa shape index (κ3) is 2.70. The number of benzene rings is 1. The van der Waals surface area contributed by atoms with Crippen molar-refractivity contribution in [1.82, 2.24) is 14.6 Å². The second kappa shape index (κ2) is 5.78. The average Bonchev–Trinajstić information content (AvgIpc) is 2.77. The van der Waals surface area contributed by atoms with Crippen molar-refractivity contribution in [2.75, 3.05) is 26.2 Å². The highest BCUT2D eigenvalue weighted by Gasteiger charge is 2.27. The fraction of sp³-hybridized carbons (Fsp3) is 0.357. The van der Waals surface area contributed by atoms with Crippen molar-refractivity contribution in [3.8, 4) is 0 Å². The van der Waals surface area contributed by atoms with E-state index in [0.717, 1.165) is 19.5 Å². The standard InChI is InChI=1S/C14H19N3O3S/c18-14-12-3-1-4-13(11(12)5-7-16-14)21(19,20)17-9-2-6-15-8-10-17/h1,3-5,7,15,19-20H,2,6,8-10H2,(H,16,18). The predicted molar refractivity (Wildman–Crippen MR) is 84.7 cm³/mol. The first-order valence-corrected chi connectivity index (χ1v) is 8.45. The Hall–Kier alpha value is -1.38. The molecule has 2 heterocycles. The molecule has 0 bridgehead atoms. The van der Waals surface area contributed by atoms with E-state index in [1.54, 1.807) is 28.6 Å². The second-order valence-electron chi connectivity index (χ2n) is 5.08. The Kier molecular flexibility index (Phi) is 4.01. The van der Waals surface area contributed by atoms with Gasteiger partial charge in [0.05, 0.1) is 4.90 Å². The van der Waals surface area contributed by atoms with Crippen LogP contribution in [0.15, 0.2) is 40.2 Å². The molecule has 21 heavy (non-hydrogen) atoms. The van der Waals surface area contributed by atoms with E-state index in [2.05, 4.69) is 10.3 Å². The monoisotopic (exact) mass is 309 g/mol. The third-order valence-electron chi connectivity index (χ3n) is 3.73. The van der Waals surface area contributed by atoms with Crippen LogP contribution in [0.2, 0.25) is 0 Å². The molecule has 6 nitrogen and oxygen atoms in total. The number of aromatic amines is 1. The Morgan fingerprint density at radius 1 is 1.10 bits per heavy atom. The number of hydrogen-bond donors (Lipinski definition) is 4. The van der Waals surface area contributed by atoms with Crippen molar-refractivity contribution in [2.24, 2.45) is 0 Å².